The summed E-state index contributed by atoms with van der Waals surface area (Å²) in [5.74, 6) is -0.765. The molecule has 0 aromatic rings. The molecule has 0 aromatic heterocycles. The first kappa shape index (κ1) is 14.1. The Labute approximate surface area is 120 Å². The van der Waals surface area contributed by atoms with Crippen LogP contribution in [0.4, 0.5) is 4.79 Å². The fraction of sp³-hybridized carbons (Fsp3) is 0.833. The average molecular weight is 304 g/mol. The van der Waals surface area contributed by atoms with Gasteiger partial charge in [0.25, 0.3) is 0 Å². The molecular formula is C12H16O7S. The van der Waals surface area contributed by atoms with Gasteiger partial charge in [0.2, 0.25) is 0 Å². The van der Waals surface area contributed by atoms with E-state index in [1.54, 1.807) is 13.8 Å². The molecule has 0 amide bonds. The molecule has 3 aliphatic rings. The van der Waals surface area contributed by atoms with Crippen molar-refractivity contribution in [3.63, 3.8) is 0 Å². The predicted molar refractivity (Wildman–Crippen MR) is 67.0 cm³/mol. The van der Waals surface area contributed by atoms with Crippen LogP contribution in [0.15, 0.2) is 0 Å². The number of hydrogen-bond acceptors (Lipinski definition) is 8. The van der Waals surface area contributed by atoms with Crippen LogP contribution in [0.2, 0.25) is 0 Å². The van der Waals surface area contributed by atoms with Crippen molar-refractivity contribution in [3.8, 4) is 0 Å². The van der Waals surface area contributed by atoms with Gasteiger partial charge in [0.15, 0.2) is 24.3 Å². The number of cyclic esters (lactones) is 1. The maximum atomic E-state index is 11.3. The molecule has 0 N–H and O–H groups in total. The molecule has 5 unspecified atom stereocenters. The van der Waals surface area contributed by atoms with Crippen LogP contribution >= 0.6 is 11.8 Å². The first-order chi connectivity index (χ1) is 9.35. The quantitative estimate of drug-likeness (QED) is 0.700. The van der Waals surface area contributed by atoms with Crippen molar-refractivity contribution < 1.29 is 33.3 Å². The smallest absolute Gasteiger partial charge is 0.367 e. The van der Waals surface area contributed by atoms with E-state index >= 15 is 0 Å². The topological polar surface area (TPSA) is 80.3 Å². The Kier molecular flexibility index (Phi) is 3.44. The monoisotopic (exact) mass is 304 g/mol. The third-order valence-electron chi connectivity index (χ3n) is 3.31. The van der Waals surface area contributed by atoms with Gasteiger partial charge in [-0.15, -0.1) is 0 Å². The summed E-state index contributed by atoms with van der Waals surface area (Å²) in [6.45, 7) is 4.85. The maximum Gasteiger partial charge on any atom is 0.367 e. The SMILES string of the molecule is CC(=O)OC1C(C2CSC(=O)O2)OC2OC(C)(C)OC21. The molecule has 0 radical (unpaired) electrons. The zero-order valence-electron chi connectivity index (χ0n) is 11.4. The molecule has 0 aromatic carbocycles. The second kappa shape index (κ2) is 4.87. The van der Waals surface area contributed by atoms with Crippen LogP contribution in [0, 0.1) is 0 Å². The summed E-state index contributed by atoms with van der Waals surface area (Å²) >= 11 is 1.08. The largest absolute Gasteiger partial charge is 0.457 e. The number of fused-ring (bicyclic) bond motifs is 1. The van der Waals surface area contributed by atoms with Crippen molar-refractivity contribution in [2.24, 2.45) is 0 Å². The Hall–Kier alpha value is -0.830. The van der Waals surface area contributed by atoms with E-state index in [1.807, 2.05) is 0 Å². The molecule has 0 spiro atoms. The second-order valence-electron chi connectivity index (χ2n) is 5.36. The van der Waals surface area contributed by atoms with E-state index in [4.69, 9.17) is 23.7 Å². The average Bonchev–Trinajstić information content (AvgIpc) is 2.93. The van der Waals surface area contributed by atoms with E-state index < -0.39 is 42.5 Å². The summed E-state index contributed by atoms with van der Waals surface area (Å²) in [5.41, 5.74) is 0. The molecule has 20 heavy (non-hydrogen) atoms. The molecule has 3 heterocycles. The molecule has 0 aliphatic carbocycles. The van der Waals surface area contributed by atoms with Crippen LogP contribution in [0.5, 0.6) is 0 Å². The van der Waals surface area contributed by atoms with Gasteiger partial charge >= 0.3 is 11.3 Å². The zero-order chi connectivity index (χ0) is 14.5. The Morgan fingerprint density at radius 2 is 2.10 bits per heavy atom. The maximum absolute atomic E-state index is 11.3. The van der Waals surface area contributed by atoms with Crippen LogP contribution in [0.1, 0.15) is 20.8 Å². The van der Waals surface area contributed by atoms with Crippen LogP contribution in [0.25, 0.3) is 0 Å². The first-order valence-corrected chi connectivity index (χ1v) is 7.36. The summed E-state index contributed by atoms with van der Waals surface area (Å²) < 4.78 is 27.6. The lowest BCUT2D eigenvalue weighted by molar-refractivity contribution is -0.226. The van der Waals surface area contributed by atoms with E-state index in [-0.39, 0.29) is 5.30 Å². The molecule has 3 aliphatic heterocycles. The highest BCUT2D eigenvalue weighted by Crippen LogP contribution is 2.41. The molecule has 0 saturated carbocycles. The number of hydrogen-bond donors (Lipinski definition) is 0. The minimum atomic E-state index is -0.792. The number of carbonyl (C=O) groups is 2. The van der Waals surface area contributed by atoms with E-state index in [9.17, 15) is 9.59 Å². The number of carbonyl (C=O) groups excluding carboxylic acids is 2. The lowest BCUT2D eigenvalue weighted by Gasteiger charge is -2.27. The molecule has 3 rings (SSSR count). The standard InChI is InChI=1S/C12H16O7S/c1-5(13)15-8-7(6-4-20-11(14)16-6)17-10-9(8)18-12(2,3)19-10/h6-10H,4H2,1-3H3. The van der Waals surface area contributed by atoms with Gasteiger partial charge in [-0.2, -0.15) is 0 Å². The Bertz CT molecular complexity index is 438. The summed E-state index contributed by atoms with van der Waals surface area (Å²) in [6.07, 6.45) is -2.80. The van der Waals surface area contributed by atoms with Crippen molar-refractivity contribution in [2.45, 2.75) is 57.3 Å². The van der Waals surface area contributed by atoms with E-state index in [2.05, 4.69) is 0 Å². The highest BCUT2D eigenvalue weighted by Gasteiger charge is 2.59. The van der Waals surface area contributed by atoms with Crippen LogP contribution in [-0.2, 0) is 28.5 Å². The van der Waals surface area contributed by atoms with Crippen molar-refractivity contribution in [2.75, 3.05) is 5.75 Å². The van der Waals surface area contributed by atoms with Crippen LogP contribution in [-0.4, -0.2) is 53.5 Å². The summed E-state index contributed by atoms with van der Waals surface area (Å²) in [7, 11) is 0. The van der Waals surface area contributed by atoms with E-state index in [0.717, 1.165) is 11.8 Å². The minimum absolute atomic E-state index is 0.348. The Morgan fingerprint density at radius 1 is 1.35 bits per heavy atom. The fourth-order valence-electron chi connectivity index (χ4n) is 2.63. The lowest BCUT2D eigenvalue weighted by Crippen LogP contribution is -2.44. The van der Waals surface area contributed by atoms with Crippen molar-refractivity contribution in [3.05, 3.63) is 0 Å². The number of rotatable bonds is 2. The predicted octanol–water partition coefficient (Wildman–Crippen LogP) is 1.05. The highest BCUT2D eigenvalue weighted by atomic mass is 32.2. The van der Waals surface area contributed by atoms with Gasteiger partial charge in [-0.3, -0.25) is 4.79 Å². The molecule has 5 atom stereocenters. The Balaban J connectivity index is 1.78. The van der Waals surface area contributed by atoms with Crippen molar-refractivity contribution >= 4 is 23.0 Å². The van der Waals surface area contributed by atoms with Gasteiger partial charge in [-0.25, -0.2) is 4.79 Å². The van der Waals surface area contributed by atoms with Gasteiger partial charge in [0, 0.05) is 12.7 Å². The first-order valence-electron chi connectivity index (χ1n) is 6.37. The van der Waals surface area contributed by atoms with E-state index in [1.165, 1.54) is 6.92 Å². The molecule has 0 bridgehead atoms. The normalized spacial score (nSPS) is 42.4. The zero-order valence-corrected chi connectivity index (χ0v) is 12.2. The number of thioether (sulfide) groups is 1. The van der Waals surface area contributed by atoms with Gasteiger partial charge in [0.1, 0.15) is 12.2 Å². The molecule has 3 fully saturated rings. The van der Waals surface area contributed by atoms with Gasteiger partial charge in [-0.05, 0) is 25.6 Å². The highest BCUT2D eigenvalue weighted by molar-refractivity contribution is 8.13. The third-order valence-corrected chi connectivity index (χ3v) is 4.14. The lowest BCUT2D eigenvalue weighted by atomic mass is 10.1. The van der Waals surface area contributed by atoms with E-state index in [0.29, 0.717) is 5.75 Å². The Morgan fingerprint density at radius 3 is 2.70 bits per heavy atom. The minimum Gasteiger partial charge on any atom is -0.457 e. The van der Waals surface area contributed by atoms with Crippen molar-refractivity contribution in [1.82, 2.24) is 0 Å². The molecule has 112 valence electrons. The molecule has 3 saturated heterocycles. The fourth-order valence-corrected chi connectivity index (χ4v) is 3.38. The third kappa shape index (κ3) is 2.52. The van der Waals surface area contributed by atoms with Gasteiger partial charge < -0.3 is 23.7 Å². The van der Waals surface area contributed by atoms with Crippen LogP contribution < -0.4 is 0 Å². The number of esters is 1. The number of ether oxygens (including phenoxy) is 5. The summed E-state index contributed by atoms with van der Waals surface area (Å²) in [5, 5.41) is -0.348. The second-order valence-corrected chi connectivity index (χ2v) is 6.32. The van der Waals surface area contributed by atoms with Crippen molar-refractivity contribution in [1.29, 1.82) is 0 Å². The summed E-state index contributed by atoms with van der Waals surface area (Å²) in [4.78, 5) is 22.5. The summed E-state index contributed by atoms with van der Waals surface area (Å²) in [6, 6.07) is 0. The molecule has 7 nitrogen and oxygen atoms in total. The molecular weight excluding hydrogens is 288 g/mol. The van der Waals surface area contributed by atoms with Crippen LogP contribution in [0.3, 0.4) is 0 Å². The molecule has 8 heteroatoms. The van der Waals surface area contributed by atoms with Gasteiger partial charge in [0.05, 0.1) is 0 Å². The van der Waals surface area contributed by atoms with Gasteiger partial charge in [-0.1, -0.05) is 0 Å².